The van der Waals surface area contributed by atoms with Crippen molar-refractivity contribution in [2.75, 3.05) is 5.73 Å². The van der Waals surface area contributed by atoms with Crippen LogP contribution in [0.4, 0.5) is 17.1 Å². The molecule has 7 heteroatoms. The molecule has 110 valence electrons. The molecule has 0 aliphatic carbocycles. The number of rotatable bonds is 3. The lowest BCUT2D eigenvalue weighted by Crippen LogP contribution is -2.01. The van der Waals surface area contributed by atoms with E-state index < -0.39 is 10.1 Å². The number of nitrogens with two attached hydrogens (primary N) is 1. The minimum absolute atomic E-state index is 0.119. The summed E-state index contributed by atoms with van der Waals surface area (Å²) in [6.45, 7) is 3.29. The van der Waals surface area contributed by atoms with E-state index in [0.717, 1.165) is 0 Å². The van der Waals surface area contributed by atoms with E-state index in [-0.39, 0.29) is 4.90 Å². The first-order chi connectivity index (χ1) is 9.77. The van der Waals surface area contributed by atoms with Crippen LogP contribution in [0.1, 0.15) is 11.1 Å². The number of nitrogens with zero attached hydrogens (tertiary/aromatic N) is 2. The van der Waals surface area contributed by atoms with Gasteiger partial charge >= 0.3 is 0 Å². The highest BCUT2D eigenvalue weighted by molar-refractivity contribution is 7.85. The van der Waals surface area contributed by atoms with Crippen LogP contribution < -0.4 is 5.73 Å². The predicted molar refractivity (Wildman–Crippen MR) is 80.8 cm³/mol. The van der Waals surface area contributed by atoms with Gasteiger partial charge in [-0.25, -0.2) is 0 Å². The summed E-state index contributed by atoms with van der Waals surface area (Å²) >= 11 is 0. The van der Waals surface area contributed by atoms with Gasteiger partial charge in [0.15, 0.2) is 0 Å². The van der Waals surface area contributed by atoms with Gasteiger partial charge in [-0.1, -0.05) is 0 Å². The maximum atomic E-state index is 11.2. The van der Waals surface area contributed by atoms with Crippen molar-refractivity contribution >= 4 is 27.2 Å². The van der Waals surface area contributed by atoms with Gasteiger partial charge in [0.05, 0.1) is 16.3 Å². The zero-order chi connectivity index (χ0) is 15.6. The van der Waals surface area contributed by atoms with E-state index in [0.29, 0.717) is 28.2 Å². The van der Waals surface area contributed by atoms with Crippen molar-refractivity contribution in [1.29, 1.82) is 0 Å². The largest absolute Gasteiger partial charge is 0.399 e. The topological polar surface area (TPSA) is 105 Å². The maximum absolute atomic E-state index is 11.2. The van der Waals surface area contributed by atoms with Gasteiger partial charge in [0, 0.05) is 5.69 Å². The molecule has 0 radical (unpaired) electrons. The van der Waals surface area contributed by atoms with Crippen LogP contribution in [0.25, 0.3) is 0 Å². The SMILES string of the molecule is Cc1cc(S(=O)(=O)O)c(C)cc1N=Nc1ccc(N)cc1. The molecule has 0 atom stereocenters. The third-order valence-corrected chi connectivity index (χ3v) is 3.93. The molecule has 21 heavy (non-hydrogen) atoms. The molecule has 0 saturated heterocycles. The van der Waals surface area contributed by atoms with Crippen LogP contribution in [0.3, 0.4) is 0 Å². The minimum Gasteiger partial charge on any atom is -0.399 e. The number of anilines is 1. The van der Waals surface area contributed by atoms with Crippen LogP contribution in [0.15, 0.2) is 51.5 Å². The maximum Gasteiger partial charge on any atom is 0.294 e. The summed E-state index contributed by atoms with van der Waals surface area (Å²) in [5, 5.41) is 8.17. The Morgan fingerprint density at radius 3 is 2.19 bits per heavy atom. The van der Waals surface area contributed by atoms with E-state index in [1.165, 1.54) is 6.07 Å². The monoisotopic (exact) mass is 305 g/mol. The van der Waals surface area contributed by atoms with Crippen molar-refractivity contribution in [3.63, 3.8) is 0 Å². The third kappa shape index (κ3) is 3.65. The summed E-state index contributed by atoms with van der Waals surface area (Å²) < 4.78 is 31.6. The number of nitrogen functional groups attached to an aromatic ring is 1. The molecular weight excluding hydrogens is 290 g/mol. The first-order valence-electron chi connectivity index (χ1n) is 6.13. The molecule has 0 bridgehead atoms. The van der Waals surface area contributed by atoms with E-state index in [1.54, 1.807) is 44.2 Å². The molecule has 0 amide bonds. The highest BCUT2D eigenvalue weighted by Crippen LogP contribution is 2.27. The van der Waals surface area contributed by atoms with Crippen molar-refractivity contribution < 1.29 is 13.0 Å². The van der Waals surface area contributed by atoms with Crippen molar-refractivity contribution in [3.05, 3.63) is 47.5 Å². The quantitative estimate of drug-likeness (QED) is 0.514. The molecule has 0 saturated carbocycles. The fraction of sp³-hybridized carbons (Fsp3) is 0.143. The number of benzene rings is 2. The number of hydrogen-bond donors (Lipinski definition) is 2. The molecule has 0 spiro atoms. The summed E-state index contributed by atoms with van der Waals surface area (Å²) in [5.74, 6) is 0. The number of aryl methyl sites for hydroxylation is 2. The average molecular weight is 305 g/mol. The fourth-order valence-corrected chi connectivity index (χ4v) is 2.60. The standard InChI is InChI=1S/C14H15N3O3S/c1-9-8-14(21(18,19)20)10(2)7-13(9)17-16-12-5-3-11(15)4-6-12/h3-8H,15H2,1-2H3,(H,18,19,20). The average Bonchev–Trinajstić information content (AvgIpc) is 2.40. The lowest BCUT2D eigenvalue weighted by atomic mass is 10.1. The Balaban J connectivity index is 2.37. The highest BCUT2D eigenvalue weighted by atomic mass is 32.2. The summed E-state index contributed by atoms with van der Waals surface area (Å²) in [7, 11) is -4.23. The van der Waals surface area contributed by atoms with E-state index >= 15 is 0 Å². The van der Waals surface area contributed by atoms with Crippen LogP contribution in [-0.2, 0) is 10.1 Å². The Labute approximate surface area is 123 Å². The van der Waals surface area contributed by atoms with Gasteiger partial charge in [0.2, 0.25) is 0 Å². The van der Waals surface area contributed by atoms with E-state index in [9.17, 15) is 8.42 Å². The van der Waals surface area contributed by atoms with Crippen molar-refractivity contribution in [3.8, 4) is 0 Å². The van der Waals surface area contributed by atoms with Gasteiger partial charge in [-0.15, -0.1) is 0 Å². The van der Waals surface area contributed by atoms with E-state index in [2.05, 4.69) is 10.2 Å². The lowest BCUT2D eigenvalue weighted by molar-refractivity contribution is 0.482. The number of azo groups is 1. The van der Waals surface area contributed by atoms with Crippen molar-refractivity contribution in [1.82, 2.24) is 0 Å². The highest BCUT2D eigenvalue weighted by Gasteiger charge is 2.15. The molecule has 0 heterocycles. The van der Waals surface area contributed by atoms with Crippen molar-refractivity contribution in [2.24, 2.45) is 10.2 Å². The molecule has 0 aromatic heterocycles. The van der Waals surface area contributed by atoms with E-state index in [1.807, 2.05) is 0 Å². The smallest absolute Gasteiger partial charge is 0.294 e. The van der Waals surface area contributed by atoms with Crippen LogP contribution in [0, 0.1) is 13.8 Å². The molecule has 2 rings (SSSR count). The lowest BCUT2D eigenvalue weighted by Gasteiger charge is -2.06. The second kappa shape index (κ2) is 5.63. The summed E-state index contributed by atoms with van der Waals surface area (Å²) in [6.07, 6.45) is 0. The van der Waals surface area contributed by atoms with E-state index in [4.69, 9.17) is 10.3 Å². The van der Waals surface area contributed by atoms with Gasteiger partial charge in [0.25, 0.3) is 10.1 Å². The Bertz CT molecular complexity index is 797. The molecule has 3 N–H and O–H groups in total. The first kappa shape index (κ1) is 15.1. The Hall–Kier alpha value is -2.25. The van der Waals surface area contributed by atoms with Gasteiger partial charge in [-0.2, -0.15) is 18.6 Å². The Kier molecular flexibility index (Phi) is 4.06. The normalized spacial score (nSPS) is 12.0. The predicted octanol–water partition coefficient (Wildman–Crippen LogP) is 3.55. The van der Waals surface area contributed by atoms with Crippen LogP contribution in [-0.4, -0.2) is 13.0 Å². The molecule has 0 aliphatic heterocycles. The van der Waals surface area contributed by atoms with Crippen LogP contribution >= 0.6 is 0 Å². The van der Waals surface area contributed by atoms with Gasteiger partial charge < -0.3 is 5.73 Å². The van der Waals surface area contributed by atoms with Gasteiger partial charge in [-0.3, -0.25) is 4.55 Å². The molecule has 6 nitrogen and oxygen atoms in total. The van der Waals surface area contributed by atoms with Crippen LogP contribution in [0.2, 0.25) is 0 Å². The number of hydrogen-bond acceptors (Lipinski definition) is 5. The summed E-state index contributed by atoms with van der Waals surface area (Å²) in [5.41, 5.74) is 8.41. The first-order valence-corrected chi connectivity index (χ1v) is 7.57. The third-order valence-electron chi connectivity index (χ3n) is 2.94. The zero-order valence-corrected chi connectivity index (χ0v) is 12.4. The summed E-state index contributed by atoms with van der Waals surface area (Å²) in [4.78, 5) is -0.119. The molecule has 0 unspecified atom stereocenters. The Morgan fingerprint density at radius 1 is 1.00 bits per heavy atom. The summed E-state index contributed by atoms with van der Waals surface area (Å²) in [6, 6.07) is 9.84. The Morgan fingerprint density at radius 2 is 1.62 bits per heavy atom. The molecule has 2 aromatic carbocycles. The minimum atomic E-state index is -4.23. The van der Waals surface area contributed by atoms with Crippen molar-refractivity contribution in [2.45, 2.75) is 18.7 Å². The molecule has 0 aliphatic rings. The molecule has 2 aromatic rings. The molecular formula is C14H15N3O3S. The van der Waals surface area contributed by atoms with Gasteiger partial charge in [-0.05, 0) is 61.4 Å². The van der Waals surface area contributed by atoms with Crippen LogP contribution in [0.5, 0.6) is 0 Å². The zero-order valence-electron chi connectivity index (χ0n) is 11.6. The second-order valence-electron chi connectivity index (χ2n) is 4.67. The second-order valence-corrected chi connectivity index (χ2v) is 6.06. The molecule has 0 fully saturated rings. The fourth-order valence-electron chi connectivity index (χ4n) is 1.81. The van der Waals surface area contributed by atoms with Gasteiger partial charge in [0.1, 0.15) is 0 Å².